The Bertz CT molecular complexity index is 524. The first-order valence-electron chi connectivity index (χ1n) is 4.97. The van der Waals surface area contributed by atoms with Crippen molar-refractivity contribution in [2.45, 2.75) is 11.8 Å². The lowest BCUT2D eigenvalue weighted by atomic mass is 10.1. The Morgan fingerprint density at radius 1 is 1.53 bits per heavy atom. The molecule has 4 nitrogen and oxygen atoms in total. The number of nitrogens with zero attached hydrogens (tertiary/aromatic N) is 2. The fourth-order valence-corrected chi connectivity index (χ4v) is 2.32. The summed E-state index contributed by atoms with van der Waals surface area (Å²) < 4.78 is 0. The average molecular weight is 270 g/mol. The third-order valence-electron chi connectivity index (χ3n) is 2.62. The number of nitriles is 1. The highest BCUT2D eigenvalue weighted by atomic mass is 35.5. The number of rotatable bonds is 1. The fourth-order valence-electron chi connectivity index (χ4n) is 1.86. The van der Waals surface area contributed by atoms with Crippen molar-refractivity contribution in [1.82, 2.24) is 0 Å². The van der Waals surface area contributed by atoms with Gasteiger partial charge in [-0.05, 0) is 12.1 Å². The van der Waals surface area contributed by atoms with Crippen LogP contribution in [0.15, 0.2) is 12.1 Å². The molecule has 2 N–H and O–H groups in total. The van der Waals surface area contributed by atoms with Crippen molar-refractivity contribution in [2.75, 3.05) is 17.2 Å². The van der Waals surface area contributed by atoms with E-state index >= 15 is 0 Å². The van der Waals surface area contributed by atoms with Crippen LogP contribution in [0.3, 0.4) is 0 Å². The van der Waals surface area contributed by atoms with E-state index in [4.69, 9.17) is 34.2 Å². The average Bonchev–Trinajstić information content (AvgIpc) is 2.60. The van der Waals surface area contributed by atoms with Gasteiger partial charge in [0.15, 0.2) is 0 Å². The van der Waals surface area contributed by atoms with E-state index < -0.39 is 0 Å². The van der Waals surface area contributed by atoms with E-state index in [1.54, 1.807) is 6.07 Å². The van der Waals surface area contributed by atoms with Crippen LogP contribution in [-0.2, 0) is 4.79 Å². The molecule has 1 unspecified atom stereocenters. The predicted molar refractivity (Wildman–Crippen MR) is 67.2 cm³/mol. The van der Waals surface area contributed by atoms with Gasteiger partial charge in [-0.1, -0.05) is 11.6 Å². The van der Waals surface area contributed by atoms with E-state index in [1.165, 1.54) is 11.0 Å². The molecular formula is C11H9Cl2N3O. The molecule has 88 valence electrons. The van der Waals surface area contributed by atoms with Crippen LogP contribution in [0, 0.1) is 11.3 Å². The summed E-state index contributed by atoms with van der Waals surface area (Å²) >= 11 is 11.8. The quantitative estimate of drug-likeness (QED) is 0.627. The molecule has 0 radical (unpaired) electrons. The zero-order chi connectivity index (χ0) is 12.6. The Balaban J connectivity index is 2.56. The standard InChI is InChI=1S/C11H9Cl2N3O/c12-6-3-10(17)16(5-6)11-7(4-14)8(13)1-2-9(11)15/h1-2,6H,3,5,15H2. The maximum atomic E-state index is 11.8. The number of alkyl halides is 1. The van der Waals surface area contributed by atoms with Crippen LogP contribution in [0.2, 0.25) is 5.02 Å². The number of carbonyl (C=O) groups is 1. The molecule has 17 heavy (non-hydrogen) atoms. The van der Waals surface area contributed by atoms with E-state index in [-0.39, 0.29) is 28.3 Å². The molecule has 0 spiro atoms. The Morgan fingerprint density at radius 2 is 2.24 bits per heavy atom. The van der Waals surface area contributed by atoms with Gasteiger partial charge in [0.1, 0.15) is 6.07 Å². The number of hydrogen-bond acceptors (Lipinski definition) is 3. The first-order valence-corrected chi connectivity index (χ1v) is 5.78. The van der Waals surface area contributed by atoms with Crippen molar-refractivity contribution >= 4 is 40.5 Å². The van der Waals surface area contributed by atoms with Crippen LogP contribution in [0.4, 0.5) is 11.4 Å². The van der Waals surface area contributed by atoms with Crippen LogP contribution < -0.4 is 10.6 Å². The van der Waals surface area contributed by atoms with Gasteiger partial charge >= 0.3 is 0 Å². The van der Waals surface area contributed by atoms with Gasteiger partial charge in [0.2, 0.25) is 5.91 Å². The molecule has 1 aliphatic rings. The summed E-state index contributed by atoms with van der Waals surface area (Å²) in [7, 11) is 0. The van der Waals surface area contributed by atoms with Gasteiger partial charge in [0.05, 0.1) is 27.3 Å². The Labute approximate surface area is 109 Å². The Hall–Kier alpha value is -1.44. The molecule has 0 aromatic heterocycles. The zero-order valence-electron chi connectivity index (χ0n) is 8.78. The summed E-state index contributed by atoms with van der Waals surface area (Å²) in [6.45, 7) is 0.347. The number of amides is 1. The van der Waals surface area contributed by atoms with Gasteiger partial charge in [-0.25, -0.2) is 0 Å². The molecule has 0 saturated carbocycles. The molecule has 2 rings (SSSR count). The van der Waals surface area contributed by atoms with Crippen molar-refractivity contribution in [2.24, 2.45) is 0 Å². The van der Waals surface area contributed by atoms with Gasteiger partial charge in [-0.2, -0.15) is 5.26 Å². The zero-order valence-corrected chi connectivity index (χ0v) is 10.3. The van der Waals surface area contributed by atoms with Crippen LogP contribution in [0.25, 0.3) is 0 Å². The monoisotopic (exact) mass is 269 g/mol. The lowest BCUT2D eigenvalue weighted by molar-refractivity contribution is -0.117. The molecule has 1 atom stereocenters. The van der Waals surface area contributed by atoms with Gasteiger partial charge in [0.25, 0.3) is 0 Å². The molecule has 1 heterocycles. The minimum Gasteiger partial charge on any atom is -0.397 e. The minimum absolute atomic E-state index is 0.143. The first-order chi connectivity index (χ1) is 8.04. The van der Waals surface area contributed by atoms with E-state index in [0.717, 1.165) is 0 Å². The lowest BCUT2D eigenvalue weighted by Gasteiger charge is -2.20. The molecule has 0 bridgehead atoms. The highest BCUT2D eigenvalue weighted by Crippen LogP contribution is 2.35. The van der Waals surface area contributed by atoms with Crippen molar-refractivity contribution in [3.63, 3.8) is 0 Å². The summed E-state index contributed by atoms with van der Waals surface area (Å²) in [5, 5.41) is 9.10. The maximum absolute atomic E-state index is 11.8. The fraction of sp³-hybridized carbons (Fsp3) is 0.273. The number of nitrogen functional groups attached to an aromatic ring is 1. The number of carbonyl (C=O) groups excluding carboxylic acids is 1. The van der Waals surface area contributed by atoms with E-state index in [1.807, 2.05) is 6.07 Å². The minimum atomic E-state index is -0.257. The molecule has 6 heteroatoms. The van der Waals surface area contributed by atoms with Gasteiger partial charge in [-0.3, -0.25) is 4.79 Å². The van der Waals surface area contributed by atoms with Crippen molar-refractivity contribution < 1.29 is 4.79 Å². The second-order valence-corrected chi connectivity index (χ2v) is 4.80. The van der Waals surface area contributed by atoms with Gasteiger partial charge in [-0.15, -0.1) is 11.6 Å². The number of benzene rings is 1. The molecule has 1 aromatic carbocycles. The smallest absolute Gasteiger partial charge is 0.228 e. The van der Waals surface area contributed by atoms with E-state index in [2.05, 4.69) is 0 Å². The topological polar surface area (TPSA) is 70.1 Å². The summed E-state index contributed by atoms with van der Waals surface area (Å²) in [6, 6.07) is 5.08. The molecular weight excluding hydrogens is 261 g/mol. The Morgan fingerprint density at radius 3 is 2.76 bits per heavy atom. The lowest BCUT2D eigenvalue weighted by Crippen LogP contribution is -2.26. The number of halogens is 2. The first kappa shape index (κ1) is 12.0. The number of hydrogen-bond donors (Lipinski definition) is 1. The summed E-state index contributed by atoms with van der Waals surface area (Å²) in [5.41, 5.74) is 6.74. The van der Waals surface area contributed by atoms with Crippen molar-refractivity contribution in [3.8, 4) is 6.07 Å². The highest BCUT2D eigenvalue weighted by Gasteiger charge is 2.32. The molecule has 1 amide bonds. The van der Waals surface area contributed by atoms with Gasteiger partial charge < -0.3 is 10.6 Å². The molecule has 0 aliphatic carbocycles. The Kier molecular flexibility index (Phi) is 3.14. The highest BCUT2D eigenvalue weighted by molar-refractivity contribution is 6.32. The van der Waals surface area contributed by atoms with E-state index in [9.17, 15) is 4.79 Å². The third kappa shape index (κ3) is 2.04. The second-order valence-electron chi connectivity index (χ2n) is 3.78. The largest absolute Gasteiger partial charge is 0.397 e. The van der Waals surface area contributed by atoms with E-state index in [0.29, 0.717) is 17.9 Å². The number of anilines is 2. The van der Waals surface area contributed by atoms with Gasteiger partial charge in [0, 0.05) is 13.0 Å². The van der Waals surface area contributed by atoms with Crippen LogP contribution in [0.1, 0.15) is 12.0 Å². The number of nitrogens with two attached hydrogens (primary N) is 1. The SMILES string of the molecule is N#Cc1c(Cl)ccc(N)c1N1CC(Cl)CC1=O. The molecule has 1 aromatic rings. The second kappa shape index (κ2) is 4.44. The van der Waals surface area contributed by atoms with Crippen molar-refractivity contribution in [3.05, 3.63) is 22.7 Å². The maximum Gasteiger partial charge on any atom is 0.228 e. The summed E-state index contributed by atoms with van der Waals surface area (Å²) in [4.78, 5) is 13.2. The molecule has 1 saturated heterocycles. The van der Waals surface area contributed by atoms with Crippen LogP contribution >= 0.6 is 23.2 Å². The summed E-state index contributed by atoms with van der Waals surface area (Å²) in [6.07, 6.45) is 0.248. The van der Waals surface area contributed by atoms with Crippen LogP contribution in [-0.4, -0.2) is 17.8 Å². The summed E-state index contributed by atoms with van der Waals surface area (Å²) in [5.74, 6) is -0.143. The third-order valence-corrected chi connectivity index (χ3v) is 3.23. The molecule has 1 fully saturated rings. The normalized spacial score (nSPS) is 19.5. The molecule has 1 aliphatic heterocycles. The van der Waals surface area contributed by atoms with Crippen LogP contribution in [0.5, 0.6) is 0 Å². The predicted octanol–water partition coefficient (Wildman–Crippen LogP) is 2.14. The van der Waals surface area contributed by atoms with Crippen molar-refractivity contribution in [1.29, 1.82) is 5.26 Å².